The van der Waals surface area contributed by atoms with Crippen molar-refractivity contribution in [2.75, 3.05) is 11.5 Å². The molecule has 0 saturated heterocycles. The molecule has 3 aromatic heterocycles. The molecule has 3 N–H and O–H groups in total. The predicted octanol–water partition coefficient (Wildman–Crippen LogP) is -0.931. The molecule has 0 aromatic carbocycles. The predicted molar refractivity (Wildman–Crippen MR) is 82.6 cm³/mol. The fourth-order valence-electron chi connectivity index (χ4n) is 1.88. The molecule has 0 fully saturated rings. The molecular weight excluding hydrogens is 322 g/mol. The Morgan fingerprint density at radius 2 is 2.22 bits per heavy atom. The van der Waals surface area contributed by atoms with Gasteiger partial charge in [-0.15, -0.1) is 5.10 Å². The Hall–Kier alpha value is -2.95. The lowest BCUT2D eigenvalue weighted by Gasteiger charge is -2.06. The van der Waals surface area contributed by atoms with Crippen molar-refractivity contribution in [1.82, 2.24) is 29.1 Å². The number of thioether (sulfide) groups is 1. The first-order chi connectivity index (χ1) is 11.0. The number of anilines is 1. The second-order valence-corrected chi connectivity index (χ2v) is 5.49. The number of hydrogen-bond acceptors (Lipinski definition) is 8. The number of ketones is 1. The van der Waals surface area contributed by atoms with Crippen LogP contribution in [0.5, 0.6) is 0 Å². The van der Waals surface area contributed by atoms with Crippen LogP contribution >= 0.6 is 11.8 Å². The molecular formula is C12H11N7O3S. The van der Waals surface area contributed by atoms with Crippen LogP contribution in [-0.2, 0) is 7.05 Å². The Bertz CT molecular complexity index is 986. The van der Waals surface area contributed by atoms with E-state index in [0.717, 1.165) is 16.3 Å². The zero-order valence-electron chi connectivity index (χ0n) is 11.9. The lowest BCUT2D eigenvalue weighted by Crippen LogP contribution is -2.35. The number of H-pyrrole nitrogens is 1. The van der Waals surface area contributed by atoms with E-state index in [9.17, 15) is 14.4 Å². The normalized spacial score (nSPS) is 11.0. The lowest BCUT2D eigenvalue weighted by atomic mass is 10.2. The van der Waals surface area contributed by atoms with Gasteiger partial charge in [0, 0.05) is 19.4 Å². The summed E-state index contributed by atoms with van der Waals surface area (Å²) < 4.78 is 2.48. The molecule has 118 valence electrons. The van der Waals surface area contributed by atoms with E-state index < -0.39 is 17.0 Å². The van der Waals surface area contributed by atoms with Gasteiger partial charge in [-0.05, 0) is 6.07 Å². The van der Waals surface area contributed by atoms with Crippen LogP contribution in [0.3, 0.4) is 0 Å². The highest BCUT2D eigenvalue weighted by molar-refractivity contribution is 7.99. The number of rotatable bonds is 4. The van der Waals surface area contributed by atoms with Gasteiger partial charge in [-0.1, -0.05) is 11.8 Å². The lowest BCUT2D eigenvalue weighted by molar-refractivity contribution is 0.102. The molecule has 0 unspecified atom stereocenters. The third-order valence-electron chi connectivity index (χ3n) is 3.08. The van der Waals surface area contributed by atoms with Crippen LogP contribution in [0.15, 0.2) is 33.2 Å². The van der Waals surface area contributed by atoms with Crippen LogP contribution in [0, 0.1) is 0 Å². The Morgan fingerprint density at radius 1 is 1.43 bits per heavy atom. The number of Topliss-reactive ketones (excluding diaryl/α,β-unsaturated/α-hetero) is 1. The Balaban J connectivity index is 1.84. The van der Waals surface area contributed by atoms with E-state index in [1.165, 1.54) is 11.6 Å². The molecule has 0 aliphatic rings. The smallest absolute Gasteiger partial charge is 0.329 e. The summed E-state index contributed by atoms with van der Waals surface area (Å²) in [5.41, 5.74) is 3.95. The summed E-state index contributed by atoms with van der Waals surface area (Å²) in [5.74, 6) is -0.380. The molecule has 23 heavy (non-hydrogen) atoms. The summed E-state index contributed by atoms with van der Waals surface area (Å²) >= 11 is 1.05. The molecule has 10 nitrogen and oxygen atoms in total. The number of aromatic amines is 1. The Labute approximate surface area is 132 Å². The number of aromatic nitrogens is 6. The standard InChI is InChI=1S/C12H11N7O3S/c1-18-8(13)7(9(21)15-12(18)22)6(20)5-23-11-16-10-14-3-2-4-19(10)17-11/h2-4H,5,13H2,1H3,(H,15,21,22). The number of carbonyl (C=O) groups is 1. The van der Waals surface area contributed by atoms with Crippen LogP contribution in [0.4, 0.5) is 5.82 Å². The van der Waals surface area contributed by atoms with Gasteiger partial charge in [0.1, 0.15) is 11.4 Å². The van der Waals surface area contributed by atoms with E-state index >= 15 is 0 Å². The summed E-state index contributed by atoms with van der Waals surface area (Å²) in [6.45, 7) is 0. The zero-order valence-corrected chi connectivity index (χ0v) is 12.7. The van der Waals surface area contributed by atoms with Crippen LogP contribution in [0.1, 0.15) is 10.4 Å². The van der Waals surface area contributed by atoms with E-state index in [-0.39, 0.29) is 17.1 Å². The van der Waals surface area contributed by atoms with Crippen molar-refractivity contribution in [2.45, 2.75) is 5.16 Å². The Morgan fingerprint density at radius 3 is 2.96 bits per heavy atom. The van der Waals surface area contributed by atoms with Gasteiger partial charge in [0.25, 0.3) is 11.3 Å². The van der Waals surface area contributed by atoms with Crippen molar-refractivity contribution >= 4 is 29.1 Å². The number of hydrogen-bond donors (Lipinski definition) is 2. The highest BCUT2D eigenvalue weighted by Gasteiger charge is 2.19. The van der Waals surface area contributed by atoms with E-state index in [0.29, 0.717) is 10.9 Å². The molecule has 0 atom stereocenters. The molecule has 0 amide bonds. The third kappa shape index (κ3) is 2.73. The van der Waals surface area contributed by atoms with Crippen LogP contribution in [0.2, 0.25) is 0 Å². The second-order valence-electron chi connectivity index (χ2n) is 4.55. The molecule has 0 aliphatic carbocycles. The van der Waals surface area contributed by atoms with E-state index in [4.69, 9.17) is 5.73 Å². The first-order valence-electron chi connectivity index (χ1n) is 6.39. The Kier molecular flexibility index (Phi) is 3.70. The number of fused-ring (bicyclic) bond motifs is 1. The number of nitrogen functional groups attached to an aromatic ring is 1. The fraction of sp³-hybridized carbons (Fsp3) is 0.167. The summed E-state index contributed by atoms with van der Waals surface area (Å²) in [5, 5.41) is 4.48. The minimum absolute atomic E-state index is 0.0949. The third-order valence-corrected chi connectivity index (χ3v) is 3.92. The van der Waals surface area contributed by atoms with Crippen LogP contribution in [0.25, 0.3) is 5.78 Å². The van der Waals surface area contributed by atoms with E-state index in [1.807, 2.05) is 4.98 Å². The maximum atomic E-state index is 12.2. The summed E-state index contributed by atoms with van der Waals surface area (Å²) in [6.07, 6.45) is 3.26. The number of carbonyl (C=O) groups excluding carboxylic acids is 1. The quantitative estimate of drug-likeness (QED) is 0.461. The van der Waals surface area contributed by atoms with Gasteiger partial charge in [0.2, 0.25) is 5.16 Å². The highest BCUT2D eigenvalue weighted by atomic mass is 32.2. The minimum Gasteiger partial charge on any atom is -0.384 e. The largest absolute Gasteiger partial charge is 0.384 e. The van der Waals surface area contributed by atoms with Gasteiger partial charge in [-0.3, -0.25) is 19.1 Å². The van der Waals surface area contributed by atoms with Crippen molar-refractivity contribution in [2.24, 2.45) is 7.05 Å². The van der Waals surface area contributed by atoms with Gasteiger partial charge in [0.05, 0.1) is 5.75 Å². The molecule has 0 spiro atoms. The van der Waals surface area contributed by atoms with E-state index in [1.54, 1.807) is 18.5 Å². The van der Waals surface area contributed by atoms with Gasteiger partial charge in [-0.25, -0.2) is 14.3 Å². The van der Waals surface area contributed by atoms with Gasteiger partial charge in [-0.2, -0.15) is 4.98 Å². The van der Waals surface area contributed by atoms with Crippen LogP contribution < -0.4 is 17.0 Å². The summed E-state index contributed by atoms with van der Waals surface area (Å²) in [7, 11) is 1.37. The summed E-state index contributed by atoms with van der Waals surface area (Å²) in [4.78, 5) is 45.6. The van der Waals surface area contributed by atoms with Crippen molar-refractivity contribution in [3.8, 4) is 0 Å². The number of nitrogens with two attached hydrogens (primary N) is 1. The maximum Gasteiger partial charge on any atom is 0.329 e. The molecule has 0 aliphatic heterocycles. The average Bonchev–Trinajstić information content (AvgIpc) is 2.93. The molecule has 0 bridgehead atoms. The average molecular weight is 333 g/mol. The molecule has 3 heterocycles. The summed E-state index contributed by atoms with van der Waals surface area (Å²) in [6, 6.07) is 1.70. The first kappa shape index (κ1) is 15.0. The van der Waals surface area contributed by atoms with Gasteiger partial charge >= 0.3 is 5.69 Å². The minimum atomic E-state index is -0.805. The van der Waals surface area contributed by atoms with Gasteiger partial charge in [0.15, 0.2) is 5.78 Å². The topological polar surface area (TPSA) is 141 Å². The van der Waals surface area contributed by atoms with E-state index in [2.05, 4.69) is 15.1 Å². The second kappa shape index (κ2) is 5.68. The highest BCUT2D eigenvalue weighted by Crippen LogP contribution is 2.16. The maximum absolute atomic E-state index is 12.2. The molecule has 0 radical (unpaired) electrons. The molecule has 0 saturated carbocycles. The number of nitrogens with zero attached hydrogens (tertiary/aromatic N) is 5. The van der Waals surface area contributed by atoms with Crippen molar-refractivity contribution in [3.05, 3.63) is 44.9 Å². The van der Waals surface area contributed by atoms with Gasteiger partial charge < -0.3 is 5.73 Å². The fourth-order valence-corrected chi connectivity index (χ4v) is 2.58. The first-order valence-corrected chi connectivity index (χ1v) is 7.38. The molecule has 3 aromatic rings. The SMILES string of the molecule is Cn1c(N)c(C(=O)CSc2nc3ncccn3n2)c(=O)[nH]c1=O. The molecule has 11 heteroatoms. The van der Waals surface area contributed by atoms with Crippen molar-refractivity contribution in [1.29, 1.82) is 0 Å². The van der Waals surface area contributed by atoms with Crippen molar-refractivity contribution in [3.63, 3.8) is 0 Å². The number of nitrogens with one attached hydrogen (secondary N) is 1. The van der Waals surface area contributed by atoms with Crippen molar-refractivity contribution < 1.29 is 4.79 Å². The monoisotopic (exact) mass is 333 g/mol. The zero-order chi connectivity index (χ0) is 16.6. The van der Waals surface area contributed by atoms with Crippen LogP contribution in [-0.4, -0.2) is 40.7 Å². The molecule has 3 rings (SSSR count).